The zero-order valence-corrected chi connectivity index (χ0v) is 55.5. The van der Waals surface area contributed by atoms with E-state index in [-0.39, 0.29) is 157 Å². The summed E-state index contributed by atoms with van der Waals surface area (Å²) in [6, 6.07) is 67.0. The molecular formula is C74H73K2NO6. The Kier molecular flexibility index (Phi) is 25.6. The molecule has 412 valence electrons. The molecule has 12 rings (SSSR count). The summed E-state index contributed by atoms with van der Waals surface area (Å²) in [5.41, 5.74) is 14.8. The third-order valence-electron chi connectivity index (χ3n) is 15.2. The minimum atomic E-state index is -0.191. The summed E-state index contributed by atoms with van der Waals surface area (Å²) in [4.78, 5) is 52.6. The number of carbonyl (C=O) groups excluding carboxylic acids is 4. The number of hydrogen-bond donors (Lipinski definition) is 0. The van der Waals surface area contributed by atoms with Gasteiger partial charge in [0.05, 0.1) is 0 Å². The van der Waals surface area contributed by atoms with Crippen molar-refractivity contribution in [2.24, 2.45) is 0 Å². The van der Waals surface area contributed by atoms with Gasteiger partial charge in [0.25, 0.3) is 0 Å². The van der Waals surface area contributed by atoms with Gasteiger partial charge in [-0.2, -0.15) is 0 Å². The van der Waals surface area contributed by atoms with E-state index >= 15 is 0 Å². The molecule has 2 aliphatic heterocycles. The molecule has 0 saturated carbocycles. The number of ether oxygens (including phenoxy) is 2. The van der Waals surface area contributed by atoms with Crippen LogP contribution in [0.5, 0.6) is 0 Å². The third kappa shape index (κ3) is 16.7. The zero-order chi connectivity index (χ0) is 56.7. The molecule has 83 heavy (non-hydrogen) atoms. The topological polar surface area (TPSA) is 101 Å². The van der Waals surface area contributed by atoms with E-state index in [1.54, 1.807) is 42.5 Å². The largest absolute Gasteiger partial charge is 1.00 e. The van der Waals surface area contributed by atoms with E-state index in [1.807, 2.05) is 54.6 Å². The summed E-state index contributed by atoms with van der Waals surface area (Å²) in [5, 5.41) is 4.68. The molecule has 9 heteroatoms. The molecule has 0 aromatic heterocycles. The Morgan fingerprint density at radius 3 is 1.13 bits per heavy atom. The molecule has 0 N–H and O–H groups in total. The maximum Gasteiger partial charge on any atom is 1.00 e. The van der Waals surface area contributed by atoms with Crippen LogP contribution in [0.2, 0.25) is 0 Å². The monoisotopic (exact) mass is 1150 g/mol. The van der Waals surface area contributed by atoms with Gasteiger partial charge in [0.15, 0.2) is 23.1 Å². The first-order valence-electron chi connectivity index (χ1n) is 28.6. The number of carbonyl (C=O) groups is 4. The molecule has 0 amide bonds. The minimum Gasteiger partial charge on any atom is -1.00 e. The Bertz CT molecular complexity index is 3300. The van der Waals surface area contributed by atoms with Crippen molar-refractivity contribution in [3.63, 3.8) is 0 Å². The number of fused-ring (bicyclic) bond motifs is 2. The van der Waals surface area contributed by atoms with E-state index in [2.05, 4.69) is 149 Å². The van der Waals surface area contributed by atoms with Crippen molar-refractivity contribution < 1.29 is 133 Å². The maximum absolute atomic E-state index is 14.1. The van der Waals surface area contributed by atoms with Crippen molar-refractivity contribution in [2.75, 3.05) is 26.4 Å². The Morgan fingerprint density at radius 2 is 0.771 bits per heavy atom. The number of nitrogens with zero attached hydrogens (tertiary/aromatic N) is 1. The van der Waals surface area contributed by atoms with Crippen LogP contribution >= 0.6 is 0 Å². The molecule has 4 aliphatic rings. The van der Waals surface area contributed by atoms with Crippen molar-refractivity contribution in [3.05, 3.63) is 307 Å². The molecule has 0 spiro atoms. The normalized spacial score (nSPS) is 14.1. The van der Waals surface area contributed by atoms with Crippen LogP contribution in [0.4, 0.5) is 5.69 Å². The van der Waals surface area contributed by atoms with Gasteiger partial charge in [-0.25, -0.2) is 0 Å². The second kappa shape index (κ2) is 32.4. The van der Waals surface area contributed by atoms with Crippen molar-refractivity contribution in [1.29, 1.82) is 0 Å². The average Bonchev–Trinajstić information content (AvgIpc) is 1.97. The van der Waals surface area contributed by atoms with Crippen LogP contribution in [-0.2, 0) is 15.9 Å². The number of aryl methyl sites for hydroxylation is 1. The molecule has 0 unspecified atom stereocenters. The number of hydrogen-bond acceptors (Lipinski definition) is 6. The molecule has 2 saturated heterocycles. The Balaban J connectivity index is 0.000000248. The molecular weight excluding hydrogens is 1080 g/mol. The number of benzene rings is 8. The Labute approximate surface area is 578 Å². The molecule has 2 heterocycles. The second-order valence-corrected chi connectivity index (χ2v) is 21.6. The van der Waals surface area contributed by atoms with E-state index in [0.29, 0.717) is 34.2 Å². The number of para-hydroxylation sites is 1. The molecule has 0 radical (unpaired) electrons. The van der Waals surface area contributed by atoms with Crippen LogP contribution < -0.4 is 103 Å². The molecule has 7 nitrogen and oxygen atoms in total. The van der Waals surface area contributed by atoms with Crippen LogP contribution in [0, 0.1) is 6.92 Å². The molecule has 0 atom stereocenters. The van der Waals surface area contributed by atoms with Gasteiger partial charge < -0.3 is 16.2 Å². The molecule has 2 fully saturated rings. The van der Waals surface area contributed by atoms with E-state index < -0.39 is 0 Å². The van der Waals surface area contributed by atoms with Gasteiger partial charge in [-0.3, -0.25) is 19.2 Å². The number of ketones is 4. The summed E-state index contributed by atoms with van der Waals surface area (Å²) in [5.74, 6) is -0.161. The predicted octanol–water partition coefficient (Wildman–Crippen LogP) is 11.5. The van der Waals surface area contributed by atoms with Crippen molar-refractivity contribution in [1.82, 2.24) is 0 Å². The second-order valence-electron chi connectivity index (χ2n) is 21.6. The molecule has 2 aliphatic carbocycles. The summed E-state index contributed by atoms with van der Waals surface area (Å²) < 4.78 is 9.89. The average molecular weight is 1150 g/mol. The van der Waals surface area contributed by atoms with Crippen LogP contribution in [0.25, 0.3) is 5.32 Å². The minimum absolute atomic E-state index is 0. The predicted molar refractivity (Wildman–Crippen MR) is 328 cm³/mol. The van der Waals surface area contributed by atoms with Gasteiger partial charge in [0.1, 0.15) is 0 Å². The zero-order valence-electron chi connectivity index (χ0n) is 50.3. The first kappa shape index (κ1) is 65.5. The van der Waals surface area contributed by atoms with Gasteiger partial charge in [0, 0.05) is 72.5 Å². The number of allylic oxidation sites excluding steroid dienone is 4. The fourth-order valence-electron chi connectivity index (χ4n) is 11.1. The summed E-state index contributed by atoms with van der Waals surface area (Å²) in [6.45, 7) is 14.6. The maximum atomic E-state index is 14.1. The quantitative estimate of drug-likeness (QED) is 0.0892. The van der Waals surface area contributed by atoms with Gasteiger partial charge in [-0.1, -0.05) is 250 Å². The van der Waals surface area contributed by atoms with Crippen LogP contribution in [0.1, 0.15) is 176 Å². The van der Waals surface area contributed by atoms with E-state index in [9.17, 15) is 19.2 Å². The van der Waals surface area contributed by atoms with Gasteiger partial charge >= 0.3 is 103 Å². The van der Waals surface area contributed by atoms with Gasteiger partial charge in [-0.15, -0.1) is 5.69 Å². The van der Waals surface area contributed by atoms with Crippen molar-refractivity contribution in [3.8, 4) is 0 Å². The summed E-state index contributed by atoms with van der Waals surface area (Å²) >= 11 is 0. The number of Topliss-reactive ketones (excluding diaryl/α,β-unsaturated/α-hetero) is 2. The first-order valence-corrected chi connectivity index (χ1v) is 28.6. The number of rotatable bonds is 12. The fourth-order valence-corrected chi connectivity index (χ4v) is 11.1. The third-order valence-corrected chi connectivity index (χ3v) is 15.2. The van der Waals surface area contributed by atoms with Crippen LogP contribution in [-0.4, -0.2) is 49.6 Å². The van der Waals surface area contributed by atoms with E-state index in [1.165, 1.54) is 54.0 Å². The summed E-state index contributed by atoms with van der Waals surface area (Å²) in [6.07, 6.45) is 8.39. The summed E-state index contributed by atoms with van der Waals surface area (Å²) in [7, 11) is 0. The van der Waals surface area contributed by atoms with E-state index in [0.717, 1.165) is 65.5 Å². The van der Waals surface area contributed by atoms with E-state index in [4.69, 9.17) is 9.47 Å². The van der Waals surface area contributed by atoms with Crippen molar-refractivity contribution >= 4 is 28.8 Å². The van der Waals surface area contributed by atoms with Gasteiger partial charge in [-0.05, 0) is 95.5 Å². The van der Waals surface area contributed by atoms with Gasteiger partial charge in [0.2, 0.25) is 0 Å². The first-order chi connectivity index (χ1) is 39.5. The smallest absolute Gasteiger partial charge is 1.00 e. The molecule has 8 aromatic rings. The fraction of sp³-hybridized carbons (Fsp3) is 0.243. The molecule has 0 bridgehead atoms. The Morgan fingerprint density at radius 1 is 0.422 bits per heavy atom. The Hall–Kier alpha value is -5.09. The van der Waals surface area contributed by atoms with Crippen LogP contribution in [0.3, 0.4) is 0 Å². The van der Waals surface area contributed by atoms with Crippen molar-refractivity contribution in [2.45, 2.75) is 90.4 Å². The van der Waals surface area contributed by atoms with Crippen LogP contribution in [0.15, 0.2) is 224 Å². The SMILES string of the molecule is C1CCOC1.C1CCOC1.CC(C)c1cccc(C(C)C)c1[N-]C1=CC(=O)c2ccccc2C1=O.Cc1cc(C(c2ccccc2)c2ccccc2)c(CC2=CC(=O)c3ccccc3C2=O)c(C(c2ccccc2)c2ccccc2)c1.[H-].[K+].[K+]. The molecule has 8 aromatic carbocycles. The standard InChI is InChI=1S/C44H34O2.C22H23NO2.2C4H8O.2K.H/c1-30-26-39(42(31-16-6-2-7-17-31)32-18-8-3-9-19-32)38(28-35-29-41(45)36-24-14-15-25-37(36)44(35)46)40(27-30)43(33-20-10-4-11-21-33)34-22-12-5-13-23-34;1-13(2)15-10-7-11-16(14(3)4)21(15)23-19-12-20(24)17-8-5-6-9-18(17)22(19)25;2*1-2-4-5-3-1;;;/h2-27,29,42-43H,28H2,1H3;5-14H,1-4H3,(H,23,24);2*1-4H2;;;/q;;;;2*+1;-1/p-1.